The van der Waals surface area contributed by atoms with Crippen LogP contribution in [0.3, 0.4) is 0 Å². The molecule has 1 aliphatic heterocycles. The van der Waals surface area contributed by atoms with Gasteiger partial charge in [-0.05, 0) is 56.8 Å². The Balaban J connectivity index is 1.60. The van der Waals surface area contributed by atoms with Crippen molar-refractivity contribution >= 4 is 11.8 Å². The maximum absolute atomic E-state index is 12.6. The van der Waals surface area contributed by atoms with Crippen LogP contribution in [0, 0.1) is 17.8 Å². The standard InChI is InChI=1S/C16H23F3N2O2/c1-9(12-8-10-4-5-11(12)7-10)20-14(22)13-3-2-6-21(13)15(23)16(17,18)19/h9-13H,2-8H2,1H3,(H,20,22). The molecule has 3 aliphatic rings. The predicted molar refractivity (Wildman–Crippen MR) is 77.3 cm³/mol. The molecular formula is C16H23F3N2O2. The number of likely N-dealkylation sites (tertiary alicyclic amines) is 1. The number of rotatable bonds is 3. The number of hydrogen-bond acceptors (Lipinski definition) is 2. The molecule has 3 rings (SSSR count). The molecule has 1 saturated heterocycles. The lowest BCUT2D eigenvalue weighted by atomic mass is 9.84. The van der Waals surface area contributed by atoms with Crippen LogP contribution >= 0.6 is 0 Å². The Kier molecular flexibility index (Phi) is 4.31. The third-order valence-electron chi connectivity index (χ3n) is 5.86. The number of amides is 2. The van der Waals surface area contributed by atoms with Gasteiger partial charge in [0.05, 0.1) is 0 Å². The van der Waals surface area contributed by atoms with Crippen LogP contribution in [0.25, 0.3) is 0 Å². The van der Waals surface area contributed by atoms with Crippen molar-refractivity contribution in [3.05, 3.63) is 0 Å². The van der Waals surface area contributed by atoms with Gasteiger partial charge in [0.15, 0.2) is 0 Å². The monoisotopic (exact) mass is 332 g/mol. The van der Waals surface area contributed by atoms with Gasteiger partial charge in [0.25, 0.3) is 0 Å². The Labute approximate surface area is 133 Å². The van der Waals surface area contributed by atoms with Gasteiger partial charge in [-0.15, -0.1) is 0 Å². The minimum absolute atomic E-state index is 0.00105. The van der Waals surface area contributed by atoms with Gasteiger partial charge < -0.3 is 10.2 Å². The average Bonchev–Trinajstić information content (AvgIpc) is 3.20. The number of hydrogen-bond donors (Lipinski definition) is 1. The van der Waals surface area contributed by atoms with Crippen LogP contribution in [0.15, 0.2) is 0 Å². The Hall–Kier alpha value is -1.27. The second-order valence-electron chi connectivity index (χ2n) is 7.29. The molecule has 1 heterocycles. The van der Waals surface area contributed by atoms with E-state index in [-0.39, 0.29) is 12.6 Å². The van der Waals surface area contributed by atoms with Gasteiger partial charge in [0, 0.05) is 12.6 Å². The molecular weight excluding hydrogens is 309 g/mol. The van der Waals surface area contributed by atoms with Gasteiger partial charge in [0.1, 0.15) is 6.04 Å². The van der Waals surface area contributed by atoms with Crippen molar-refractivity contribution < 1.29 is 22.8 Å². The lowest BCUT2D eigenvalue weighted by Gasteiger charge is -2.31. The number of alkyl halides is 3. The zero-order chi connectivity index (χ0) is 16.8. The normalized spacial score (nSPS) is 34.7. The summed E-state index contributed by atoms with van der Waals surface area (Å²) in [5.41, 5.74) is 0. The van der Waals surface area contributed by atoms with Crippen LogP contribution in [0.4, 0.5) is 13.2 Å². The van der Waals surface area contributed by atoms with Crippen LogP contribution in [-0.4, -0.2) is 41.5 Å². The zero-order valence-corrected chi connectivity index (χ0v) is 13.2. The van der Waals surface area contributed by atoms with Gasteiger partial charge in [-0.2, -0.15) is 13.2 Å². The highest BCUT2D eigenvalue weighted by atomic mass is 19.4. The summed E-state index contributed by atoms with van der Waals surface area (Å²) in [7, 11) is 0. The van der Waals surface area contributed by atoms with E-state index in [0.717, 1.165) is 12.3 Å². The molecule has 2 bridgehead atoms. The van der Waals surface area contributed by atoms with Crippen LogP contribution in [-0.2, 0) is 9.59 Å². The molecule has 2 amide bonds. The van der Waals surface area contributed by atoms with Crippen LogP contribution in [0.2, 0.25) is 0 Å². The summed E-state index contributed by atoms with van der Waals surface area (Å²) in [4.78, 5) is 24.5. The molecule has 5 atom stereocenters. The summed E-state index contributed by atoms with van der Waals surface area (Å²) in [5.74, 6) is -0.533. The second kappa shape index (κ2) is 5.98. The van der Waals surface area contributed by atoms with Crippen LogP contribution in [0.5, 0.6) is 0 Å². The first-order valence-corrected chi connectivity index (χ1v) is 8.45. The summed E-state index contributed by atoms with van der Waals surface area (Å²) in [6, 6.07) is -1.02. The number of carbonyl (C=O) groups excluding carboxylic acids is 2. The fourth-order valence-electron chi connectivity index (χ4n) is 4.78. The molecule has 130 valence electrons. The first kappa shape index (κ1) is 16.6. The minimum Gasteiger partial charge on any atom is -0.352 e. The smallest absolute Gasteiger partial charge is 0.352 e. The Bertz CT molecular complexity index is 494. The van der Waals surface area contributed by atoms with Gasteiger partial charge in [-0.3, -0.25) is 9.59 Å². The number of fused-ring (bicyclic) bond motifs is 2. The SMILES string of the molecule is CC(NC(=O)C1CCCN1C(=O)C(F)(F)F)C1CC2CCC1C2. The van der Waals surface area contributed by atoms with E-state index >= 15 is 0 Å². The van der Waals surface area contributed by atoms with Crippen molar-refractivity contribution in [2.45, 2.75) is 63.7 Å². The fourth-order valence-corrected chi connectivity index (χ4v) is 4.78. The predicted octanol–water partition coefficient (Wildman–Crippen LogP) is 2.48. The third-order valence-corrected chi connectivity index (χ3v) is 5.86. The van der Waals surface area contributed by atoms with E-state index in [9.17, 15) is 22.8 Å². The number of halogens is 3. The summed E-state index contributed by atoms with van der Waals surface area (Å²) >= 11 is 0. The van der Waals surface area contributed by atoms with E-state index in [2.05, 4.69) is 5.32 Å². The highest BCUT2D eigenvalue weighted by Gasteiger charge is 2.48. The number of carbonyl (C=O) groups is 2. The molecule has 0 radical (unpaired) electrons. The van der Waals surface area contributed by atoms with Gasteiger partial charge in [-0.25, -0.2) is 0 Å². The summed E-state index contributed by atoms with van der Waals surface area (Å²) in [5, 5.41) is 2.88. The molecule has 7 heteroatoms. The first-order chi connectivity index (χ1) is 10.8. The van der Waals surface area contributed by atoms with Crippen molar-refractivity contribution in [2.24, 2.45) is 17.8 Å². The molecule has 0 aromatic carbocycles. The lowest BCUT2D eigenvalue weighted by Crippen LogP contribution is -2.52. The molecule has 3 fully saturated rings. The molecule has 2 saturated carbocycles. The number of nitrogens with one attached hydrogen (secondary N) is 1. The highest BCUT2D eigenvalue weighted by molar-refractivity contribution is 5.90. The lowest BCUT2D eigenvalue weighted by molar-refractivity contribution is -0.186. The quantitative estimate of drug-likeness (QED) is 0.863. The maximum atomic E-state index is 12.6. The molecule has 0 aromatic rings. The van der Waals surface area contributed by atoms with Gasteiger partial charge in [0.2, 0.25) is 5.91 Å². The average molecular weight is 332 g/mol. The van der Waals surface area contributed by atoms with Gasteiger partial charge >= 0.3 is 12.1 Å². The Morgan fingerprint density at radius 1 is 1.17 bits per heavy atom. The largest absolute Gasteiger partial charge is 0.471 e. The van der Waals surface area contributed by atoms with E-state index in [0.29, 0.717) is 29.6 Å². The summed E-state index contributed by atoms with van der Waals surface area (Å²) in [6.07, 6.45) is 0.587. The van der Waals surface area contributed by atoms with Crippen LogP contribution < -0.4 is 5.32 Å². The van der Waals surface area contributed by atoms with Crippen molar-refractivity contribution in [1.29, 1.82) is 0 Å². The topological polar surface area (TPSA) is 49.4 Å². The van der Waals surface area contributed by atoms with Crippen molar-refractivity contribution in [1.82, 2.24) is 10.2 Å². The summed E-state index contributed by atoms with van der Waals surface area (Å²) < 4.78 is 37.9. The van der Waals surface area contributed by atoms with E-state index in [4.69, 9.17) is 0 Å². The Morgan fingerprint density at radius 2 is 1.91 bits per heavy atom. The maximum Gasteiger partial charge on any atom is 0.471 e. The summed E-state index contributed by atoms with van der Waals surface area (Å²) in [6.45, 7) is 1.94. The minimum atomic E-state index is -4.92. The van der Waals surface area contributed by atoms with Crippen LogP contribution in [0.1, 0.15) is 45.4 Å². The van der Waals surface area contributed by atoms with E-state index < -0.39 is 24.0 Å². The third kappa shape index (κ3) is 3.19. The molecule has 0 aromatic heterocycles. The molecule has 0 spiro atoms. The van der Waals surface area contributed by atoms with Crippen molar-refractivity contribution in [3.8, 4) is 0 Å². The van der Waals surface area contributed by atoms with E-state index in [1.54, 1.807) is 0 Å². The molecule has 23 heavy (non-hydrogen) atoms. The van der Waals surface area contributed by atoms with Gasteiger partial charge in [-0.1, -0.05) is 6.42 Å². The van der Waals surface area contributed by atoms with E-state index in [1.165, 1.54) is 19.3 Å². The van der Waals surface area contributed by atoms with Crippen molar-refractivity contribution in [3.63, 3.8) is 0 Å². The molecule has 4 nitrogen and oxygen atoms in total. The fraction of sp³-hybridized carbons (Fsp3) is 0.875. The molecule has 1 N–H and O–H groups in total. The number of nitrogens with zero attached hydrogens (tertiary/aromatic N) is 1. The van der Waals surface area contributed by atoms with Crippen molar-refractivity contribution in [2.75, 3.05) is 6.54 Å². The highest BCUT2D eigenvalue weighted by Crippen LogP contribution is 2.49. The second-order valence-corrected chi connectivity index (χ2v) is 7.29. The zero-order valence-electron chi connectivity index (χ0n) is 13.2. The molecule has 2 aliphatic carbocycles. The Morgan fingerprint density at radius 3 is 2.48 bits per heavy atom. The van der Waals surface area contributed by atoms with E-state index in [1.807, 2.05) is 6.92 Å². The molecule has 5 unspecified atom stereocenters. The first-order valence-electron chi connectivity index (χ1n) is 8.45.